The van der Waals surface area contributed by atoms with Gasteiger partial charge < -0.3 is 15.0 Å². The molecule has 2 heterocycles. The van der Waals surface area contributed by atoms with Gasteiger partial charge in [-0.2, -0.15) is 0 Å². The molecule has 1 N–H and O–H groups in total. The summed E-state index contributed by atoms with van der Waals surface area (Å²) in [4.78, 5) is 32.0. The van der Waals surface area contributed by atoms with Crippen LogP contribution in [0.4, 0.5) is 5.69 Å². The Morgan fingerprint density at radius 2 is 1.71 bits per heavy atom. The Balaban J connectivity index is 1.24. The maximum Gasteiger partial charge on any atom is 0.238 e. The smallest absolute Gasteiger partial charge is 0.238 e. The predicted octanol–water partition coefficient (Wildman–Crippen LogP) is 3.18. The van der Waals surface area contributed by atoms with Gasteiger partial charge in [0.1, 0.15) is 5.75 Å². The lowest BCUT2D eigenvalue weighted by Gasteiger charge is -2.35. The Hall–Kier alpha value is -2.90. The molecule has 2 amide bonds. The minimum Gasteiger partial charge on any atom is -0.497 e. The quantitative estimate of drug-likeness (QED) is 0.650. The van der Waals surface area contributed by atoms with Crippen molar-refractivity contribution >= 4 is 17.5 Å². The lowest BCUT2D eigenvalue weighted by atomic mass is 10.0. The molecule has 7 heteroatoms. The first-order valence-corrected chi connectivity index (χ1v) is 12.3. The number of anilines is 1. The van der Waals surface area contributed by atoms with Crippen molar-refractivity contribution in [2.24, 2.45) is 0 Å². The van der Waals surface area contributed by atoms with E-state index in [2.05, 4.69) is 34.2 Å². The van der Waals surface area contributed by atoms with E-state index in [4.69, 9.17) is 4.74 Å². The third-order valence-electron chi connectivity index (χ3n) is 6.97. The molecule has 0 saturated carbocycles. The molecule has 7 nitrogen and oxygen atoms in total. The number of nitrogens with one attached hydrogen (secondary N) is 1. The Morgan fingerprint density at radius 3 is 2.41 bits per heavy atom. The minimum absolute atomic E-state index is 0.0000710. The Kier molecular flexibility index (Phi) is 8.19. The van der Waals surface area contributed by atoms with Crippen LogP contribution in [0, 0.1) is 0 Å². The Bertz CT molecular complexity index is 970. The predicted molar refractivity (Wildman–Crippen MR) is 134 cm³/mol. The zero-order valence-electron chi connectivity index (χ0n) is 20.3. The fraction of sp³-hybridized carbons (Fsp3) is 0.481. The topological polar surface area (TPSA) is 65.1 Å². The van der Waals surface area contributed by atoms with E-state index in [1.165, 1.54) is 5.56 Å². The first-order valence-electron chi connectivity index (χ1n) is 12.3. The Labute approximate surface area is 202 Å². The van der Waals surface area contributed by atoms with Crippen molar-refractivity contribution < 1.29 is 14.3 Å². The molecule has 2 aromatic carbocycles. The van der Waals surface area contributed by atoms with E-state index < -0.39 is 0 Å². The normalized spacial score (nSPS) is 19.2. The van der Waals surface area contributed by atoms with Crippen LogP contribution < -0.4 is 10.1 Å². The van der Waals surface area contributed by atoms with Crippen molar-refractivity contribution in [3.8, 4) is 5.75 Å². The maximum absolute atomic E-state index is 13.0. The van der Waals surface area contributed by atoms with Gasteiger partial charge in [0.15, 0.2) is 0 Å². The molecule has 0 unspecified atom stereocenters. The summed E-state index contributed by atoms with van der Waals surface area (Å²) in [5.41, 5.74) is 3.27. The molecule has 182 valence electrons. The molecular weight excluding hydrogens is 428 g/mol. The third kappa shape index (κ3) is 5.96. The number of likely N-dealkylation sites (tertiary alicyclic amines) is 1. The molecule has 0 aliphatic carbocycles. The second-order valence-corrected chi connectivity index (χ2v) is 9.12. The summed E-state index contributed by atoms with van der Waals surface area (Å²) in [5.74, 6) is 1.03. The van der Waals surface area contributed by atoms with E-state index in [0.717, 1.165) is 55.9 Å². The van der Waals surface area contributed by atoms with Crippen molar-refractivity contribution in [2.75, 3.05) is 58.2 Å². The van der Waals surface area contributed by atoms with Gasteiger partial charge >= 0.3 is 0 Å². The number of carbonyl (C=O) groups excluding carboxylic acids is 2. The molecule has 1 atom stereocenters. The summed E-state index contributed by atoms with van der Waals surface area (Å²) >= 11 is 0. The van der Waals surface area contributed by atoms with Crippen LogP contribution in [0.5, 0.6) is 5.75 Å². The monoisotopic (exact) mass is 464 g/mol. The second-order valence-electron chi connectivity index (χ2n) is 9.12. The first-order chi connectivity index (χ1) is 16.6. The fourth-order valence-electron chi connectivity index (χ4n) is 4.99. The average molecular weight is 465 g/mol. The van der Waals surface area contributed by atoms with Gasteiger partial charge in [0.05, 0.1) is 20.2 Å². The molecule has 4 rings (SSSR count). The third-order valence-corrected chi connectivity index (χ3v) is 6.97. The van der Waals surface area contributed by atoms with Crippen molar-refractivity contribution in [3.05, 3.63) is 59.7 Å². The number of methoxy groups -OCH3 is 1. The molecule has 0 bridgehead atoms. The van der Waals surface area contributed by atoms with E-state index in [1.807, 2.05) is 41.3 Å². The summed E-state index contributed by atoms with van der Waals surface area (Å²) in [6, 6.07) is 16.4. The van der Waals surface area contributed by atoms with Crippen LogP contribution in [0.3, 0.4) is 0 Å². The molecular formula is C27H36N4O3. The summed E-state index contributed by atoms with van der Waals surface area (Å²) in [5, 5.41) is 3.04. The summed E-state index contributed by atoms with van der Waals surface area (Å²) < 4.78 is 5.27. The maximum atomic E-state index is 13.0. The number of aryl methyl sites for hydroxylation is 1. The molecule has 0 spiro atoms. The van der Waals surface area contributed by atoms with E-state index in [0.29, 0.717) is 26.2 Å². The van der Waals surface area contributed by atoms with Gasteiger partial charge in [0.25, 0.3) is 0 Å². The largest absolute Gasteiger partial charge is 0.497 e. The van der Waals surface area contributed by atoms with E-state index in [1.54, 1.807) is 7.11 Å². The van der Waals surface area contributed by atoms with E-state index >= 15 is 0 Å². The number of piperazine rings is 1. The van der Waals surface area contributed by atoms with Crippen LogP contribution in [0.25, 0.3) is 0 Å². The summed E-state index contributed by atoms with van der Waals surface area (Å²) in [6.07, 6.45) is 3.06. The van der Waals surface area contributed by atoms with Gasteiger partial charge in [-0.1, -0.05) is 37.3 Å². The zero-order valence-corrected chi connectivity index (χ0v) is 20.3. The van der Waals surface area contributed by atoms with Gasteiger partial charge in [-0.25, -0.2) is 0 Å². The highest BCUT2D eigenvalue weighted by atomic mass is 16.5. The number of benzene rings is 2. The highest BCUT2D eigenvalue weighted by Gasteiger charge is 2.30. The molecule has 0 radical (unpaired) electrons. The Morgan fingerprint density at radius 1 is 0.971 bits per heavy atom. The lowest BCUT2D eigenvalue weighted by molar-refractivity contribution is -0.134. The van der Waals surface area contributed by atoms with Crippen molar-refractivity contribution in [1.82, 2.24) is 14.7 Å². The van der Waals surface area contributed by atoms with Crippen LogP contribution in [-0.2, 0) is 16.0 Å². The van der Waals surface area contributed by atoms with Crippen molar-refractivity contribution in [1.29, 1.82) is 0 Å². The molecule has 2 fully saturated rings. The van der Waals surface area contributed by atoms with Gasteiger partial charge in [-0.05, 0) is 55.1 Å². The molecule has 2 aliphatic heterocycles. The molecule has 2 aromatic rings. The molecule has 2 saturated heterocycles. The number of rotatable bonds is 8. The number of amides is 2. The minimum atomic E-state index is 0.0000710. The number of para-hydroxylation sites is 1. The first kappa shape index (κ1) is 24.2. The zero-order chi connectivity index (χ0) is 23.9. The van der Waals surface area contributed by atoms with Crippen LogP contribution >= 0.6 is 0 Å². The van der Waals surface area contributed by atoms with Crippen LogP contribution in [0.2, 0.25) is 0 Å². The number of hydrogen-bond donors (Lipinski definition) is 1. The second kappa shape index (κ2) is 11.5. The van der Waals surface area contributed by atoms with E-state index in [-0.39, 0.29) is 17.9 Å². The van der Waals surface area contributed by atoms with Crippen LogP contribution in [-0.4, -0.2) is 79.4 Å². The highest BCUT2D eigenvalue weighted by Crippen LogP contribution is 2.32. The van der Waals surface area contributed by atoms with E-state index in [9.17, 15) is 9.59 Å². The van der Waals surface area contributed by atoms with Crippen molar-refractivity contribution in [3.63, 3.8) is 0 Å². The molecule has 2 aliphatic rings. The fourth-order valence-corrected chi connectivity index (χ4v) is 4.99. The lowest BCUT2D eigenvalue weighted by Crippen LogP contribution is -2.52. The number of ether oxygens (including phenoxy) is 1. The highest BCUT2D eigenvalue weighted by molar-refractivity contribution is 5.93. The van der Waals surface area contributed by atoms with Crippen molar-refractivity contribution in [2.45, 2.75) is 32.2 Å². The number of nitrogens with zero attached hydrogens (tertiary/aromatic N) is 3. The van der Waals surface area contributed by atoms with Gasteiger partial charge in [0.2, 0.25) is 11.8 Å². The van der Waals surface area contributed by atoms with Gasteiger partial charge in [-0.15, -0.1) is 0 Å². The number of carbonyl (C=O) groups is 2. The average Bonchev–Trinajstić information content (AvgIpc) is 3.32. The molecule has 34 heavy (non-hydrogen) atoms. The summed E-state index contributed by atoms with van der Waals surface area (Å²) in [6.45, 7) is 6.60. The van der Waals surface area contributed by atoms with Gasteiger partial charge in [-0.3, -0.25) is 19.4 Å². The summed E-state index contributed by atoms with van der Waals surface area (Å²) in [7, 11) is 1.67. The standard InChI is InChI=1S/C27H36N4O3/c1-3-21-7-4-5-8-24(21)28-26(32)19-29-15-17-30(18-16-29)27(33)20-31-14-6-9-25(31)22-10-12-23(34-2)13-11-22/h4-5,7-8,10-13,25H,3,6,9,14-20H2,1-2H3,(H,28,32)/t25-/m0/s1. The number of hydrogen-bond acceptors (Lipinski definition) is 5. The molecule has 0 aromatic heterocycles. The van der Waals surface area contributed by atoms with Crippen LogP contribution in [0.15, 0.2) is 48.5 Å². The SMILES string of the molecule is CCc1ccccc1NC(=O)CN1CCN(C(=O)CN2CCC[C@H]2c2ccc(OC)cc2)CC1. The van der Waals surface area contributed by atoms with Gasteiger partial charge in [0, 0.05) is 37.9 Å². The van der Waals surface area contributed by atoms with Crippen LogP contribution in [0.1, 0.15) is 36.9 Å².